The van der Waals surface area contributed by atoms with E-state index in [0.717, 1.165) is 0 Å². The molecule has 1 atom stereocenters. The number of halogens is 2. The molecule has 0 aliphatic carbocycles. The average Bonchev–Trinajstić information content (AvgIpc) is 2.16. The second-order valence-corrected chi connectivity index (χ2v) is 3.45. The number of esters is 1. The number of ether oxygens (including phenoxy) is 1. The number of benzene rings is 1. The monoisotopic (exact) mass is 233 g/mol. The lowest BCUT2D eigenvalue weighted by Gasteiger charge is -2.12. The van der Waals surface area contributed by atoms with E-state index in [1.54, 1.807) is 18.2 Å². The fraction of sp³-hybridized carbons (Fsp3) is 0.222. The van der Waals surface area contributed by atoms with E-state index in [1.165, 1.54) is 7.11 Å². The van der Waals surface area contributed by atoms with Gasteiger partial charge in [-0.1, -0.05) is 29.3 Å². The van der Waals surface area contributed by atoms with E-state index in [4.69, 9.17) is 28.9 Å². The van der Waals surface area contributed by atoms with Crippen LogP contribution in [-0.2, 0) is 9.53 Å². The van der Waals surface area contributed by atoms with Crippen molar-refractivity contribution in [1.82, 2.24) is 0 Å². The third-order valence-electron chi connectivity index (χ3n) is 1.77. The molecule has 1 aromatic carbocycles. The maximum Gasteiger partial charge on any atom is 0.327 e. The predicted octanol–water partition coefficient (Wildman–Crippen LogP) is 2.17. The van der Waals surface area contributed by atoms with Gasteiger partial charge in [-0.25, -0.2) is 0 Å². The highest BCUT2D eigenvalue weighted by Crippen LogP contribution is 2.29. The summed E-state index contributed by atoms with van der Waals surface area (Å²) in [6.45, 7) is 0. The standard InChI is InChI=1S/C9H9Cl2NO2/c1-14-9(13)8(12)7-5(10)3-2-4-6(7)11/h2-4,8H,12H2,1H3/t8-/m0/s1. The fourth-order valence-corrected chi connectivity index (χ4v) is 1.69. The summed E-state index contributed by atoms with van der Waals surface area (Å²) in [4.78, 5) is 11.2. The minimum absolute atomic E-state index is 0.357. The zero-order chi connectivity index (χ0) is 10.7. The lowest BCUT2D eigenvalue weighted by molar-refractivity contribution is -0.142. The Morgan fingerprint density at radius 1 is 1.43 bits per heavy atom. The van der Waals surface area contributed by atoms with Gasteiger partial charge in [0.2, 0.25) is 0 Å². The van der Waals surface area contributed by atoms with E-state index >= 15 is 0 Å². The molecule has 0 fully saturated rings. The van der Waals surface area contributed by atoms with E-state index in [1.807, 2.05) is 0 Å². The molecule has 0 radical (unpaired) electrons. The zero-order valence-corrected chi connectivity index (χ0v) is 8.97. The SMILES string of the molecule is COC(=O)[C@@H](N)c1c(Cl)cccc1Cl. The molecule has 0 aliphatic heterocycles. The molecular formula is C9H9Cl2NO2. The van der Waals surface area contributed by atoms with Crippen molar-refractivity contribution in [2.45, 2.75) is 6.04 Å². The summed E-state index contributed by atoms with van der Waals surface area (Å²) in [5.74, 6) is -0.569. The van der Waals surface area contributed by atoms with Crippen LogP contribution in [-0.4, -0.2) is 13.1 Å². The highest BCUT2D eigenvalue weighted by Gasteiger charge is 2.21. The first kappa shape index (κ1) is 11.3. The first-order valence-electron chi connectivity index (χ1n) is 3.85. The fourth-order valence-electron chi connectivity index (χ4n) is 1.05. The van der Waals surface area contributed by atoms with Crippen LogP contribution < -0.4 is 5.73 Å². The van der Waals surface area contributed by atoms with Crippen molar-refractivity contribution in [2.75, 3.05) is 7.11 Å². The summed E-state index contributed by atoms with van der Waals surface area (Å²) in [6.07, 6.45) is 0. The molecule has 0 unspecified atom stereocenters. The summed E-state index contributed by atoms with van der Waals surface area (Å²) in [5, 5.41) is 0.714. The summed E-state index contributed by atoms with van der Waals surface area (Å²) in [5.41, 5.74) is 6.00. The third-order valence-corrected chi connectivity index (χ3v) is 2.43. The number of carbonyl (C=O) groups is 1. The Morgan fingerprint density at radius 2 is 1.93 bits per heavy atom. The van der Waals surface area contributed by atoms with Crippen molar-refractivity contribution in [3.63, 3.8) is 0 Å². The van der Waals surface area contributed by atoms with Crippen LogP contribution in [0.25, 0.3) is 0 Å². The number of nitrogens with two attached hydrogens (primary N) is 1. The van der Waals surface area contributed by atoms with Crippen molar-refractivity contribution < 1.29 is 9.53 Å². The van der Waals surface area contributed by atoms with Gasteiger partial charge in [0.05, 0.1) is 7.11 Å². The molecule has 0 heterocycles. The van der Waals surface area contributed by atoms with Crippen LogP contribution in [0.2, 0.25) is 10.0 Å². The van der Waals surface area contributed by atoms with Gasteiger partial charge < -0.3 is 10.5 Å². The van der Waals surface area contributed by atoms with Gasteiger partial charge in [-0.15, -0.1) is 0 Å². The molecule has 0 aliphatic rings. The van der Waals surface area contributed by atoms with Crippen LogP contribution in [0.4, 0.5) is 0 Å². The van der Waals surface area contributed by atoms with E-state index < -0.39 is 12.0 Å². The number of methoxy groups -OCH3 is 1. The quantitative estimate of drug-likeness (QED) is 0.797. The van der Waals surface area contributed by atoms with Gasteiger partial charge in [-0.05, 0) is 12.1 Å². The molecule has 3 nitrogen and oxygen atoms in total. The zero-order valence-electron chi connectivity index (χ0n) is 7.46. The average molecular weight is 234 g/mol. The highest BCUT2D eigenvalue weighted by molar-refractivity contribution is 6.36. The lowest BCUT2D eigenvalue weighted by Crippen LogP contribution is -2.23. The van der Waals surface area contributed by atoms with Gasteiger partial charge in [0, 0.05) is 15.6 Å². The van der Waals surface area contributed by atoms with Gasteiger partial charge in [-0.3, -0.25) is 4.79 Å². The topological polar surface area (TPSA) is 52.3 Å². The lowest BCUT2D eigenvalue weighted by atomic mass is 10.1. The van der Waals surface area contributed by atoms with Gasteiger partial charge >= 0.3 is 5.97 Å². The Hall–Kier alpha value is -0.770. The summed E-state index contributed by atoms with van der Waals surface area (Å²) >= 11 is 11.7. The Morgan fingerprint density at radius 3 is 2.36 bits per heavy atom. The van der Waals surface area contributed by atoms with Crippen LogP contribution in [0.3, 0.4) is 0 Å². The molecular weight excluding hydrogens is 225 g/mol. The van der Waals surface area contributed by atoms with Crippen LogP contribution in [0.1, 0.15) is 11.6 Å². The molecule has 0 amide bonds. The number of hydrogen-bond acceptors (Lipinski definition) is 3. The summed E-state index contributed by atoms with van der Waals surface area (Å²) in [7, 11) is 1.26. The van der Waals surface area contributed by atoms with Crippen molar-refractivity contribution >= 4 is 29.2 Å². The third kappa shape index (κ3) is 2.18. The molecule has 1 aromatic rings. The van der Waals surface area contributed by atoms with Gasteiger partial charge in [0.1, 0.15) is 6.04 Å². The Labute approximate surface area is 91.7 Å². The molecule has 0 aromatic heterocycles. The second-order valence-electron chi connectivity index (χ2n) is 2.64. The maximum atomic E-state index is 11.2. The largest absolute Gasteiger partial charge is 0.468 e. The summed E-state index contributed by atoms with van der Waals surface area (Å²) < 4.78 is 4.50. The smallest absolute Gasteiger partial charge is 0.327 e. The molecule has 5 heteroatoms. The van der Waals surface area contributed by atoms with Crippen LogP contribution in [0.5, 0.6) is 0 Å². The molecule has 1 rings (SSSR count). The van der Waals surface area contributed by atoms with E-state index in [0.29, 0.717) is 15.6 Å². The molecule has 0 bridgehead atoms. The molecule has 0 spiro atoms. The van der Waals surface area contributed by atoms with Crippen molar-refractivity contribution in [1.29, 1.82) is 0 Å². The van der Waals surface area contributed by atoms with Gasteiger partial charge in [0.25, 0.3) is 0 Å². The Balaban J connectivity index is 3.11. The predicted molar refractivity (Wildman–Crippen MR) is 55.4 cm³/mol. The second kappa shape index (κ2) is 4.64. The van der Waals surface area contributed by atoms with E-state index in [9.17, 15) is 4.79 Å². The molecule has 0 saturated heterocycles. The van der Waals surface area contributed by atoms with Gasteiger partial charge in [0.15, 0.2) is 0 Å². The van der Waals surface area contributed by atoms with Crippen molar-refractivity contribution in [3.8, 4) is 0 Å². The van der Waals surface area contributed by atoms with E-state index in [2.05, 4.69) is 4.74 Å². The van der Waals surface area contributed by atoms with Crippen molar-refractivity contribution in [3.05, 3.63) is 33.8 Å². The number of hydrogen-bond donors (Lipinski definition) is 1. The molecule has 14 heavy (non-hydrogen) atoms. The normalized spacial score (nSPS) is 12.3. The molecule has 2 N–H and O–H groups in total. The molecule has 76 valence electrons. The highest BCUT2D eigenvalue weighted by atomic mass is 35.5. The summed E-state index contributed by atoms with van der Waals surface area (Å²) in [6, 6.07) is 3.97. The van der Waals surface area contributed by atoms with Crippen LogP contribution in [0, 0.1) is 0 Å². The minimum atomic E-state index is -0.943. The van der Waals surface area contributed by atoms with Crippen molar-refractivity contribution in [2.24, 2.45) is 5.73 Å². The number of rotatable bonds is 2. The van der Waals surface area contributed by atoms with Crippen LogP contribution >= 0.6 is 23.2 Å². The first-order valence-corrected chi connectivity index (χ1v) is 4.61. The first-order chi connectivity index (χ1) is 6.57. The Bertz CT molecular complexity index is 334. The number of carbonyl (C=O) groups excluding carboxylic acids is 1. The maximum absolute atomic E-state index is 11.2. The van der Waals surface area contributed by atoms with E-state index in [-0.39, 0.29) is 0 Å². The minimum Gasteiger partial charge on any atom is -0.468 e. The Kier molecular flexibility index (Phi) is 3.75. The van der Waals surface area contributed by atoms with Crippen LogP contribution in [0.15, 0.2) is 18.2 Å². The molecule has 0 saturated carbocycles. The van der Waals surface area contributed by atoms with Gasteiger partial charge in [-0.2, -0.15) is 0 Å².